The fraction of sp³-hybridized carbons (Fsp3) is 0.571. The minimum atomic E-state index is -0.387. The standard InChI is InChI=1S/C21H28N4O3/c1-13-18(12-22-25(13)15-5-8-28-9-6-15)24-20(27)16-10-14-11-21(2,3)7-4-17(14)23-19(16)26/h10,12,15H,4-9,11H2,1-3H3,(H,23,26)(H,24,27). The van der Waals surface area contributed by atoms with Crippen LogP contribution in [-0.2, 0) is 17.6 Å². The van der Waals surface area contributed by atoms with Gasteiger partial charge in [-0.05, 0) is 56.1 Å². The van der Waals surface area contributed by atoms with Crippen LogP contribution in [0.4, 0.5) is 5.69 Å². The molecule has 150 valence electrons. The number of ether oxygens (including phenoxy) is 1. The lowest BCUT2D eigenvalue weighted by atomic mass is 9.76. The SMILES string of the molecule is Cc1c(NC(=O)c2cc3c([nH]c2=O)CCC(C)(C)C3)cnn1C1CCOCC1. The summed E-state index contributed by atoms with van der Waals surface area (Å²) >= 11 is 0. The van der Waals surface area contributed by atoms with Crippen molar-refractivity contribution in [3.8, 4) is 0 Å². The average Bonchev–Trinajstić information content (AvgIpc) is 3.02. The van der Waals surface area contributed by atoms with Gasteiger partial charge in [0, 0.05) is 18.9 Å². The first-order valence-electron chi connectivity index (χ1n) is 10.0. The molecule has 2 N–H and O–H groups in total. The van der Waals surface area contributed by atoms with Crippen molar-refractivity contribution < 1.29 is 9.53 Å². The van der Waals surface area contributed by atoms with Gasteiger partial charge in [0.05, 0.1) is 23.6 Å². The predicted molar refractivity (Wildman–Crippen MR) is 107 cm³/mol. The van der Waals surface area contributed by atoms with E-state index >= 15 is 0 Å². The van der Waals surface area contributed by atoms with E-state index in [0.29, 0.717) is 5.69 Å². The maximum Gasteiger partial charge on any atom is 0.261 e. The Labute approximate surface area is 164 Å². The second kappa shape index (κ2) is 7.20. The van der Waals surface area contributed by atoms with E-state index in [1.54, 1.807) is 12.3 Å². The Kier molecular flexibility index (Phi) is 4.87. The minimum absolute atomic E-state index is 0.162. The highest BCUT2D eigenvalue weighted by atomic mass is 16.5. The lowest BCUT2D eigenvalue weighted by molar-refractivity contribution is 0.0657. The highest BCUT2D eigenvalue weighted by molar-refractivity contribution is 6.04. The van der Waals surface area contributed by atoms with Crippen LogP contribution in [0.2, 0.25) is 0 Å². The molecule has 1 fully saturated rings. The maximum absolute atomic E-state index is 12.8. The zero-order valence-electron chi connectivity index (χ0n) is 16.8. The number of nitrogens with one attached hydrogen (secondary N) is 2. The summed E-state index contributed by atoms with van der Waals surface area (Å²) < 4.78 is 7.37. The monoisotopic (exact) mass is 384 g/mol. The quantitative estimate of drug-likeness (QED) is 0.851. The third-order valence-electron chi connectivity index (χ3n) is 6.01. The lowest BCUT2D eigenvalue weighted by Gasteiger charge is -2.31. The van der Waals surface area contributed by atoms with Gasteiger partial charge in [0.25, 0.3) is 11.5 Å². The summed E-state index contributed by atoms with van der Waals surface area (Å²) in [7, 11) is 0. The number of rotatable bonds is 3. The molecule has 0 radical (unpaired) electrons. The molecule has 1 aliphatic carbocycles. The molecule has 7 heteroatoms. The summed E-state index contributed by atoms with van der Waals surface area (Å²) in [6.07, 6.45) is 6.23. The molecule has 0 unspecified atom stereocenters. The van der Waals surface area contributed by atoms with Gasteiger partial charge in [0.1, 0.15) is 5.56 Å². The van der Waals surface area contributed by atoms with E-state index < -0.39 is 0 Å². The van der Waals surface area contributed by atoms with Crippen LogP contribution in [0.3, 0.4) is 0 Å². The smallest absolute Gasteiger partial charge is 0.261 e. The van der Waals surface area contributed by atoms with Crippen LogP contribution in [0, 0.1) is 12.3 Å². The van der Waals surface area contributed by atoms with E-state index in [1.807, 2.05) is 11.6 Å². The topological polar surface area (TPSA) is 89.0 Å². The molecule has 0 aromatic carbocycles. The van der Waals surface area contributed by atoms with Gasteiger partial charge in [-0.3, -0.25) is 14.3 Å². The fourth-order valence-electron chi connectivity index (χ4n) is 4.26. The van der Waals surface area contributed by atoms with Gasteiger partial charge < -0.3 is 15.0 Å². The highest BCUT2D eigenvalue weighted by Gasteiger charge is 2.27. The number of hydrogen-bond acceptors (Lipinski definition) is 4. The van der Waals surface area contributed by atoms with Crippen molar-refractivity contribution in [3.63, 3.8) is 0 Å². The Morgan fingerprint density at radius 2 is 2.11 bits per heavy atom. The van der Waals surface area contributed by atoms with E-state index in [9.17, 15) is 9.59 Å². The van der Waals surface area contributed by atoms with Crippen molar-refractivity contribution in [2.75, 3.05) is 18.5 Å². The molecule has 0 saturated carbocycles. The van der Waals surface area contributed by atoms with Gasteiger partial charge in [-0.1, -0.05) is 13.8 Å². The first-order chi connectivity index (χ1) is 13.3. The Morgan fingerprint density at radius 3 is 2.86 bits per heavy atom. The van der Waals surface area contributed by atoms with E-state index in [0.717, 1.165) is 62.3 Å². The number of amides is 1. The van der Waals surface area contributed by atoms with Gasteiger partial charge in [-0.15, -0.1) is 0 Å². The maximum atomic E-state index is 12.8. The molecule has 1 amide bonds. The number of pyridine rings is 1. The first kappa shape index (κ1) is 18.9. The number of H-pyrrole nitrogens is 1. The van der Waals surface area contributed by atoms with Crippen molar-refractivity contribution in [1.29, 1.82) is 0 Å². The average molecular weight is 384 g/mol. The second-order valence-electron chi connectivity index (χ2n) is 8.74. The van der Waals surface area contributed by atoms with E-state index in [1.165, 1.54) is 0 Å². The van der Waals surface area contributed by atoms with Gasteiger partial charge in [0.15, 0.2) is 0 Å². The number of hydrogen-bond donors (Lipinski definition) is 2. The normalized spacial score (nSPS) is 19.2. The minimum Gasteiger partial charge on any atom is -0.381 e. The van der Waals surface area contributed by atoms with Gasteiger partial charge in [-0.25, -0.2) is 0 Å². The molecule has 28 heavy (non-hydrogen) atoms. The summed E-state index contributed by atoms with van der Waals surface area (Å²) in [6.45, 7) is 7.83. The van der Waals surface area contributed by atoms with Crippen molar-refractivity contribution in [2.24, 2.45) is 5.41 Å². The molecule has 7 nitrogen and oxygen atoms in total. The Balaban J connectivity index is 1.56. The third kappa shape index (κ3) is 3.63. The summed E-state index contributed by atoms with van der Waals surface area (Å²) in [6, 6.07) is 2.05. The summed E-state index contributed by atoms with van der Waals surface area (Å²) in [5.74, 6) is -0.387. The number of fused-ring (bicyclic) bond motifs is 1. The molecule has 2 aliphatic rings. The molecule has 1 aliphatic heterocycles. The second-order valence-corrected chi connectivity index (χ2v) is 8.74. The Bertz CT molecular complexity index is 951. The molecule has 2 aromatic rings. The molecule has 0 bridgehead atoms. The number of carbonyl (C=O) groups excluding carboxylic acids is 1. The number of aryl methyl sites for hydroxylation is 1. The van der Waals surface area contributed by atoms with Crippen LogP contribution >= 0.6 is 0 Å². The fourth-order valence-corrected chi connectivity index (χ4v) is 4.26. The number of nitrogens with zero attached hydrogens (tertiary/aromatic N) is 2. The largest absolute Gasteiger partial charge is 0.381 e. The molecule has 2 aromatic heterocycles. The predicted octanol–water partition coefficient (Wildman–Crippen LogP) is 3.00. The molecule has 1 saturated heterocycles. The molecular formula is C21H28N4O3. The van der Waals surface area contributed by atoms with Crippen molar-refractivity contribution in [2.45, 2.75) is 58.9 Å². The van der Waals surface area contributed by atoms with Crippen LogP contribution in [0.5, 0.6) is 0 Å². The van der Waals surface area contributed by atoms with Crippen LogP contribution in [0.25, 0.3) is 0 Å². The van der Waals surface area contributed by atoms with Crippen molar-refractivity contribution >= 4 is 11.6 Å². The van der Waals surface area contributed by atoms with Crippen molar-refractivity contribution in [3.05, 3.63) is 45.1 Å². The van der Waals surface area contributed by atoms with E-state index in [2.05, 4.69) is 29.2 Å². The van der Waals surface area contributed by atoms with E-state index in [4.69, 9.17) is 4.74 Å². The highest BCUT2D eigenvalue weighted by Crippen LogP contribution is 2.33. The van der Waals surface area contributed by atoms with Gasteiger partial charge >= 0.3 is 0 Å². The first-order valence-corrected chi connectivity index (χ1v) is 10.0. The number of aromatic nitrogens is 3. The molecule has 4 rings (SSSR count). The number of carbonyl (C=O) groups is 1. The number of anilines is 1. The molecule has 0 spiro atoms. The summed E-state index contributed by atoms with van der Waals surface area (Å²) in [5.41, 5.74) is 3.59. The van der Waals surface area contributed by atoms with E-state index in [-0.39, 0.29) is 28.5 Å². The molecule has 3 heterocycles. The van der Waals surface area contributed by atoms with Crippen molar-refractivity contribution in [1.82, 2.24) is 14.8 Å². The van der Waals surface area contributed by atoms with Crippen LogP contribution in [0.15, 0.2) is 17.1 Å². The lowest BCUT2D eigenvalue weighted by Crippen LogP contribution is -2.30. The molecule has 0 atom stereocenters. The summed E-state index contributed by atoms with van der Waals surface area (Å²) in [5, 5.41) is 7.34. The van der Waals surface area contributed by atoms with Crippen LogP contribution in [-0.4, -0.2) is 33.9 Å². The van der Waals surface area contributed by atoms with Crippen LogP contribution < -0.4 is 10.9 Å². The zero-order chi connectivity index (χ0) is 19.9. The third-order valence-corrected chi connectivity index (χ3v) is 6.01. The number of aromatic amines is 1. The summed E-state index contributed by atoms with van der Waals surface area (Å²) in [4.78, 5) is 28.2. The Morgan fingerprint density at radius 1 is 1.36 bits per heavy atom. The molecular weight excluding hydrogens is 356 g/mol. The zero-order valence-corrected chi connectivity index (χ0v) is 16.8. The van der Waals surface area contributed by atoms with Gasteiger partial charge in [-0.2, -0.15) is 5.10 Å². The Hall–Kier alpha value is -2.41. The van der Waals surface area contributed by atoms with Crippen LogP contribution in [0.1, 0.15) is 66.5 Å². The van der Waals surface area contributed by atoms with Gasteiger partial charge in [0.2, 0.25) is 0 Å².